The Kier molecular flexibility index (Phi) is 2.14. The van der Waals surface area contributed by atoms with Gasteiger partial charge in [0.2, 0.25) is 0 Å². The van der Waals surface area contributed by atoms with Crippen molar-refractivity contribution in [2.24, 2.45) is 17.6 Å². The average Bonchev–Trinajstić information content (AvgIpc) is 2.55. The van der Waals surface area contributed by atoms with Gasteiger partial charge in [0, 0.05) is 19.3 Å². The molecule has 64 valence electrons. The molecule has 1 saturated carbocycles. The van der Waals surface area contributed by atoms with Gasteiger partial charge in [0.05, 0.1) is 0 Å². The molecule has 3 atom stereocenters. The second kappa shape index (κ2) is 3.11. The number of hydrogen-bond donors (Lipinski definition) is 1. The van der Waals surface area contributed by atoms with Crippen LogP contribution in [0.25, 0.3) is 0 Å². The van der Waals surface area contributed by atoms with Gasteiger partial charge in [0.1, 0.15) is 0 Å². The molecule has 0 bridgehead atoms. The van der Waals surface area contributed by atoms with Gasteiger partial charge < -0.3 is 10.5 Å². The van der Waals surface area contributed by atoms with E-state index in [1.165, 1.54) is 25.7 Å². The summed E-state index contributed by atoms with van der Waals surface area (Å²) >= 11 is 0. The van der Waals surface area contributed by atoms with Crippen LogP contribution in [-0.4, -0.2) is 19.3 Å². The molecule has 0 aromatic heterocycles. The topological polar surface area (TPSA) is 35.2 Å². The van der Waals surface area contributed by atoms with E-state index in [1.807, 2.05) is 0 Å². The molecule has 2 fully saturated rings. The summed E-state index contributed by atoms with van der Waals surface area (Å²) < 4.78 is 5.36. The van der Waals surface area contributed by atoms with Crippen LogP contribution in [0.3, 0.4) is 0 Å². The van der Waals surface area contributed by atoms with Crippen molar-refractivity contribution in [3.05, 3.63) is 0 Å². The molecular weight excluding hydrogens is 138 g/mol. The number of rotatable bonds is 1. The van der Waals surface area contributed by atoms with Crippen LogP contribution in [0.4, 0.5) is 0 Å². The summed E-state index contributed by atoms with van der Waals surface area (Å²) in [5.41, 5.74) is 5.85. The Bertz CT molecular complexity index is 132. The smallest absolute Gasteiger partial charge is 0.0497 e. The SMILES string of the molecule is NC1CCC(C2CCOC2)C1. The Morgan fingerprint density at radius 3 is 2.55 bits per heavy atom. The fraction of sp³-hybridized carbons (Fsp3) is 1.00. The number of ether oxygens (including phenoxy) is 1. The van der Waals surface area contributed by atoms with E-state index in [0.29, 0.717) is 6.04 Å². The highest BCUT2D eigenvalue weighted by atomic mass is 16.5. The van der Waals surface area contributed by atoms with Gasteiger partial charge >= 0.3 is 0 Å². The maximum absolute atomic E-state index is 5.85. The molecule has 1 saturated heterocycles. The van der Waals surface area contributed by atoms with Gasteiger partial charge in [-0.3, -0.25) is 0 Å². The van der Waals surface area contributed by atoms with Crippen molar-refractivity contribution in [2.75, 3.05) is 13.2 Å². The fourth-order valence-electron chi connectivity index (χ4n) is 2.41. The van der Waals surface area contributed by atoms with Crippen molar-refractivity contribution in [1.29, 1.82) is 0 Å². The Morgan fingerprint density at radius 1 is 1.09 bits per heavy atom. The van der Waals surface area contributed by atoms with Crippen LogP contribution in [-0.2, 0) is 4.74 Å². The minimum absolute atomic E-state index is 0.487. The van der Waals surface area contributed by atoms with Crippen LogP contribution in [0.5, 0.6) is 0 Å². The molecule has 0 aromatic carbocycles. The van der Waals surface area contributed by atoms with Crippen molar-refractivity contribution in [3.8, 4) is 0 Å². The van der Waals surface area contributed by atoms with Gasteiger partial charge in [0.25, 0.3) is 0 Å². The molecule has 2 N–H and O–H groups in total. The normalized spacial score (nSPS) is 45.0. The zero-order valence-electron chi connectivity index (χ0n) is 6.96. The lowest BCUT2D eigenvalue weighted by Crippen LogP contribution is -2.18. The fourth-order valence-corrected chi connectivity index (χ4v) is 2.41. The highest BCUT2D eigenvalue weighted by Gasteiger charge is 2.31. The molecule has 2 heteroatoms. The Hall–Kier alpha value is -0.0800. The van der Waals surface area contributed by atoms with Crippen LogP contribution >= 0.6 is 0 Å². The Labute approximate surface area is 68.1 Å². The van der Waals surface area contributed by atoms with Gasteiger partial charge in [-0.05, 0) is 37.5 Å². The predicted molar refractivity (Wildman–Crippen MR) is 44.2 cm³/mol. The van der Waals surface area contributed by atoms with Crippen LogP contribution in [0.1, 0.15) is 25.7 Å². The molecule has 1 aliphatic heterocycles. The molecule has 1 aliphatic carbocycles. The first-order valence-corrected chi connectivity index (χ1v) is 4.69. The van der Waals surface area contributed by atoms with Gasteiger partial charge in [-0.25, -0.2) is 0 Å². The molecule has 0 radical (unpaired) electrons. The summed E-state index contributed by atoms with van der Waals surface area (Å²) in [6.07, 6.45) is 5.10. The third kappa shape index (κ3) is 1.57. The van der Waals surface area contributed by atoms with Crippen molar-refractivity contribution in [2.45, 2.75) is 31.7 Å². The largest absolute Gasteiger partial charge is 0.381 e. The maximum Gasteiger partial charge on any atom is 0.0497 e. The quantitative estimate of drug-likeness (QED) is 0.616. The first-order chi connectivity index (χ1) is 5.36. The summed E-state index contributed by atoms with van der Waals surface area (Å²) in [6.45, 7) is 1.98. The molecule has 0 spiro atoms. The molecule has 2 aliphatic rings. The van der Waals surface area contributed by atoms with Gasteiger partial charge in [-0.1, -0.05) is 0 Å². The van der Waals surface area contributed by atoms with Gasteiger partial charge in [-0.15, -0.1) is 0 Å². The molecule has 2 rings (SSSR count). The second-order valence-electron chi connectivity index (χ2n) is 3.96. The summed E-state index contributed by atoms with van der Waals surface area (Å²) in [7, 11) is 0. The first kappa shape index (κ1) is 7.56. The third-order valence-electron chi connectivity index (χ3n) is 3.15. The molecule has 0 amide bonds. The summed E-state index contributed by atoms with van der Waals surface area (Å²) in [5, 5.41) is 0. The van der Waals surface area contributed by atoms with E-state index in [1.54, 1.807) is 0 Å². The van der Waals surface area contributed by atoms with Crippen molar-refractivity contribution in [1.82, 2.24) is 0 Å². The predicted octanol–water partition coefficient (Wildman–Crippen LogP) is 1.15. The van der Waals surface area contributed by atoms with Crippen molar-refractivity contribution < 1.29 is 4.74 Å². The van der Waals surface area contributed by atoms with Gasteiger partial charge in [-0.2, -0.15) is 0 Å². The summed E-state index contributed by atoms with van der Waals surface area (Å²) in [4.78, 5) is 0. The van der Waals surface area contributed by atoms with Crippen molar-refractivity contribution in [3.63, 3.8) is 0 Å². The average molecular weight is 155 g/mol. The second-order valence-corrected chi connectivity index (χ2v) is 3.96. The summed E-state index contributed by atoms with van der Waals surface area (Å²) in [6, 6.07) is 0.487. The lowest BCUT2D eigenvalue weighted by atomic mass is 9.90. The minimum atomic E-state index is 0.487. The molecule has 11 heavy (non-hydrogen) atoms. The van der Waals surface area contributed by atoms with E-state index in [2.05, 4.69) is 0 Å². The number of nitrogens with two attached hydrogens (primary N) is 1. The zero-order chi connectivity index (χ0) is 7.68. The lowest BCUT2D eigenvalue weighted by molar-refractivity contribution is 0.172. The molecule has 0 aromatic rings. The van der Waals surface area contributed by atoms with Gasteiger partial charge in [0.15, 0.2) is 0 Å². The molecule has 2 nitrogen and oxygen atoms in total. The Balaban J connectivity index is 1.85. The zero-order valence-corrected chi connectivity index (χ0v) is 6.96. The third-order valence-corrected chi connectivity index (χ3v) is 3.15. The monoisotopic (exact) mass is 155 g/mol. The van der Waals surface area contributed by atoms with Crippen LogP contribution in [0, 0.1) is 11.8 Å². The molecule has 1 heterocycles. The van der Waals surface area contributed by atoms with E-state index >= 15 is 0 Å². The van der Waals surface area contributed by atoms with Crippen LogP contribution in [0.2, 0.25) is 0 Å². The summed E-state index contributed by atoms with van der Waals surface area (Å²) in [5.74, 6) is 1.72. The minimum Gasteiger partial charge on any atom is -0.381 e. The maximum atomic E-state index is 5.85. The number of hydrogen-bond acceptors (Lipinski definition) is 2. The van der Waals surface area contributed by atoms with E-state index in [-0.39, 0.29) is 0 Å². The highest BCUT2D eigenvalue weighted by molar-refractivity contribution is 4.83. The van der Waals surface area contributed by atoms with E-state index in [0.717, 1.165) is 25.0 Å². The highest BCUT2D eigenvalue weighted by Crippen LogP contribution is 2.34. The molecular formula is C9H17NO. The van der Waals surface area contributed by atoms with E-state index < -0.39 is 0 Å². The standard InChI is InChI=1S/C9H17NO/c10-9-2-1-7(5-9)8-3-4-11-6-8/h7-9H,1-6,10H2. The first-order valence-electron chi connectivity index (χ1n) is 4.69. The van der Waals surface area contributed by atoms with E-state index in [9.17, 15) is 0 Å². The van der Waals surface area contributed by atoms with Crippen LogP contribution < -0.4 is 5.73 Å². The van der Waals surface area contributed by atoms with E-state index in [4.69, 9.17) is 10.5 Å². The van der Waals surface area contributed by atoms with Crippen molar-refractivity contribution >= 4 is 0 Å². The lowest BCUT2D eigenvalue weighted by Gasteiger charge is -2.15. The Morgan fingerprint density at radius 2 is 2.00 bits per heavy atom. The molecule has 3 unspecified atom stereocenters. The van der Waals surface area contributed by atoms with Crippen LogP contribution in [0.15, 0.2) is 0 Å².